The number of nitrogens with two attached hydrogens (primary N) is 1. The number of carboxylic acid groups (broad SMARTS) is 1. The van der Waals surface area contributed by atoms with E-state index in [1.54, 1.807) is 6.08 Å². The number of allylic oxidation sites excluding steroid dienone is 2. The van der Waals surface area contributed by atoms with Crippen molar-refractivity contribution in [1.82, 2.24) is 0 Å². The standard InChI is InChI=1S/C16H18N2O4S/c17-13(19)12-10-6-3-7-11(10)23-15(12)18-14(20)8-4-1-2-5-9(8)16(21)22/h1-2,8-9H,3-7H2,(H2,17,19)(H,18,20)(H,21,22)/t8-,9-/m0/s1. The summed E-state index contributed by atoms with van der Waals surface area (Å²) in [5.41, 5.74) is 6.81. The monoisotopic (exact) mass is 334 g/mol. The third-order valence-electron chi connectivity index (χ3n) is 4.49. The van der Waals surface area contributed by atoms with Crippen LogP contribution in [-0.2, 0) is 22.4 Å². The Hall–Kier alpha value is -2.15. The number of carbonyl (C=O) groups excluding carboxylic acids is 2. The van der Waals surface area contributed by atoms with E-state index >= 15 is 0 Å². The van der Waals surface area contributed by atoms with Crippen LogP contribution >= 0.6 is 11.3 Å². The number of rotatable bonds is 4. The molecule has 0 unspecified atom stereocenters. The van der Waals surface area contributed by atoms with E-state index < -0.39 is 23.7 Å². The average Bonchev–Trinajstić information content (AvgIpc) is 3.06. The summed E-state index contributed by atoms with van der Waals surface area (Å²) < 4.78 is 0. The number of aryl methyl sites for hydroxylation is 1. The fourth-order valence-electron chi connectivity index (χ4n) is 3.33. The lowest BCUT2D eigenvalue weighted by Crippen LogP contribution is -2.35. The van der Waals surface area contributed by atoms with E-state index in [2.05, 4.69) is 5.32 Å². The maximum absolute atomic E-state index is 12.5. The third kappa shape index (κ3) is 2.88. The van der Waals surface area contributed by atoms with E-state index in [1.807, 2.05) is 6.08 Å². The lowest BCUT2D eigenvalue weighted by atomic mass is 9.82. The quantitative estimate of drug-likeness (QED) is 0.731. The SMILES string of the molecule is NC(=O)c1c(NC(=O)[C@H]2CC=CC[C@@H]2C(=O)O)sc2c1CCC2. The van der Waals surface area contributed by atoms with E-state index in [0.29, 0.717) is 23.4 Å². The van der Waals surface area contributed by atoms with Crippen LogP contribution in [0, 0.1) is 11.8 Å². The van der Waals surface area contributed by atoms with Gasteiger partial charge in [-0.2, -0.15) is 0 Å². The van der Waals surface area contributed by atoms with Crippen LogP contribution in [-0.4, -0.2) is 22.9 Å². The molecule has 2 amide bonds. The van der Waals surface area contributed by atoms with Crippen LogP contribution in [0.5, 0.6) is 0 Å². The van der Waals surface area contributed by atoms with Crippen molar-refractivity contribution in [3.63, 3.8) is 0 Å². The fraction of sp³-hybridized carbons (Fsp3) is 0.438. The fourth-order valence-corrected chi connectivity index (χ4v) is 4.63. The Labute approximate surface area is 137 Å². The van der Waals surface area contributed by atoms with Crippen molar-refractivity contribution < 1.29 is 19.5 Å². The maximum atomic E-state index is 12.5. The molecule has 1 aromatic heterocycles. The molecule has 0 saturated heterocycles. The Morgan fingerprint density at radius 2 is 1.87 bits per heavy atom. The largest absolute Gasteiger partial charge is 0.481 e. The number of hydrogen-bond donors (Lipinski definition) is 3. The maximum Gasteiger partial charge on any atom is 0.307 e. The van der Waals surface area contributed by atoms with E-state index in [-0.39, 0.29) is 5.91 Å². The second kappa shape index (κ2) is 6.16. The zero-order chi connectivity index (χ0) is 16.6. The number of aliphatic carboxylic acids is 1. The molecule has 0 aliphatic heterocycles. The first kappa shape index (κ1) is 15.7. The number of hydrogen-bond acceptors (Lipinski definition) is 4. The second-order valence-corrected chi connectivity index (χ2v) is 7.01. The van der Waals surface area contributed by atoms with Gasteiger partial charge in [0.15, 0.2) is 0 Å². The molecule has 2 aliphatic rings. The van der Waals surface area contributed by atoms with Crippen molar-refractivity contribution in [2.45, 2.75) is 32.1 Å². The van der Waals surface area contributed by atoms with Gasteiger partial charge in [-0.15, -0.1) is 11.3 Å². The first-order valence-corrected chi connectivity index (χ1v) is 8.43. The van der Waals surface area contributed by atoms with Gasteiger partial charge in [0.05, 0.1) is 17.4 Å². The van der Waals surface area contributed by atoms with E-state index in [4.69, 9.17) is 5.73 Å². The number of nitrogens with one attached hydrogen (secondary N) is 1. The molecule has 0 spiro atoms. The summed E-state index contributed by atoms with van der Waals surface area (Å²) >= 11 is 1.38. The molecular formula is C16H18N2O4S. The summed E-state index contributed by atoms with van der Waals surface area (Å²) in [5.74, 6) is -3.24. The molecule has 6 nitrogen and oxygen atoms in total. The summed E-state index contributed by atoms with van der Waals surface area (Å²) in [4.78, 5) is 36.7. The molecule has 122 valence electrons. The van der Waals surface area contributed by atoms with Crippen molar-refractivity contribution in [2.24, 2.45) is 17.6 Å². The Bertz CT molecular complexity index is 707. The Kier molecular flexibility index (Phi) is 4.21. The van der Waals surface area contributed by atoms with Gasteiger partial charge in [0.25, 0.3) is 5.91 Å². The van der Waals surface area contributed by atoms with Crippen LogP contribution in [0.1, 0.15) is 40.1 Å². The van der Waals surface area contributed by atoms with Crippen LogP contribution in [0.15, 0.2) is 12.2 Å². The Morgan fingerprint density at radius 3 is 2.52 bits per heavy atom. The van der Waals surface area contributed by atoms with Crippen LogP contribution < -0.4 is 11.1 Å². The van der Waals surface area contributed by atoms with Crippen molar-refractivity contribution in [2.75, 3.05) is 5.32 Å². The van der Waals surface area contributed by atoms with Gasteiger partial charge in [0.1, 0.15) is 5.00 Å². The highest BCUT2D eigenvalue weighted by Gasteiger charge is 2.35. The summed E-state index contributed by atoms with van der Waals surface area (Å²) in [6.45, 7) is 0. The lowest BCUT2D eigenvalue weighted by Gasteiger charge is -2.24. The molecule has 0 aromatic carbocycles. The summed E-state index contributed by atoms with van der Waals surface area (Å²) in [6, 6.07) is 0. The molecule has 3 rings (SSSR count). The number of amides is 2. The van der Waals surface area contributed by atoms with Gasteiger partial charge in [-0.25, -0.2) is 0 Å². The van der Waals surface area contributed by atoms with Crippen molar-refractivity contribution in [3.8, 4) is 0 Å². The molecule has 1 aromatic rings. The minimum atomic E-state index is -0.974. The summed E-state index contributed by atoms with van der Waals surface area (Å²) in [6.07, 6.45) is 7.02. The van der Waals surface area contributed by atoms with Gasteiger partial charge in [-0.1, -0.05) is 12.2 Å². The van der Waals surface area contributed by atoms with Gasteiger partial charge >= 0.3 is 5.97 Å². The predicted molar refractivity (Wildman–Crippen MR) is 86.5 cm³/mol. The highest BCUT2D eigenvalue weighted by Crippen LogP contribution is 2.39. The Balaban J connectivity index is 1.84. The topological polar surface area (TPSA) is 109 Å². The van der Waals surface area contributed by atoms with Crippen LogP contribution in [0.4, 0.5) is 5.00 Å². The molecule has 4 N–H and O–H groups in total. The second-order valence-electron chi connectivity index (χ2n) is 5.91. The zero-order valence-corrected chi connectivity index (χ0v) is 13.3. The molecule has 0 saturated carbocycles. The minimum Gasteiger partial charge on any atom is -0.481 e. The van der Waals surface area contributed by atoms with Gasteiger partial charge < -0.3 is 16.2 Å². The van der Waals surface area contributed by atoms with E-state index in [0.717, 1.165) is 29.7 Å². The molecule has 2 atom stereocenters. The average molecular weight is 334 g/mol. The number of carbonyl (C=O) groups is 3. The number of fused-ring (bicyclic) bond motifs is 1. The molecule has 1 heterocycles. The lowest BCUT2D eigenvalue weighted by molar-refractivity contribution is -0.146. The molecule has 0 bridgehead atoms. The molecule has 2 aliphatic carbocycles. The normalized spacial score (nSPS) is 22.6. The predicted octanol–water partition coefficient (Wildman–Crippen LogP) is 1.94. The van der Waals surface area contributed by atoms with Gasteiger partial charge in [0, 0.05) is 4.88 Å². The minimum absolute atomic E-state index is 0.344. The zero-order valence-electron chi connectivity index (χ0n) is 12.5. The first-order chi connectivity index (χ1) is 11.0. The van der Waals surface area contributed by atoms with Crippen molar-refractivity contribution in [1.29, 1.82) is 0 Å². The number of carboxylic acids is 1. The van der Waals surface area contributed by atoms with Crippen LogP contribution in [0.25, 0.3) is 0 Å². The third-order valence-corrected chi connectivity index (χ3v) is 5.70. The molecule has 0 radical (unpaired) electrons. The van der Waals surface area contributed by atoms with E-state index in [1.165, 1.54) is 11.3 Å². The highest BCUT2D eigenvalue weighted by atomic mass is 32.1. The molecule has 0 fully saturated rings. The van der Waals surface area contributed by atoms with E-state index in [9.17, 15) is 19.5 Å². The number of thiophene rings is 1. The van der Waals surface area contributed by atoms with Gasteiger partial charge in [0.2, 0.25) is 5.91 Å². The number of anilines is 1. The van der Waals surface area contributed by atoms with Gasteiger partial charge in [-0.05, 0) is 37.7 Å². The molecule has 23 heavy (non-hydrogen) atoms. The first-order valence-electron chi connectivity index (χ1n) is 7.62. The summed E-state index contributed by atoms with van der Waals surface area (Å²) in [5, 5.41) is 12.5. The van der Waals surface area contributed by atoms with Crippen LogP contribution in [0.3, 0.4) is 0 Å². The van der Waals surface area contributed by atoms with Crippen molar-refractivity contribution in [3.05, 3.63) is 28.2 Å². The van der Waals surface area contributed by atoms with Gasteiger partial charge in [-0.3, -0.25) is 14.4 Å². The summed E-state index contributed by atoms with van der Waals surface area (Å²) in [7, 11) is 0. The Morgan fingerprint density at radius 1 is 1.17 bits per heavy atom. The smallest absolute Gasteiger partial charge is 0.307 e. The number of primary amides is 1. The molecule has 7 heteroatoms. The molecular weight excluding hydrogens is 316 g/mol. The highest BCUT2D eigenvalue weighted by molar-refractivity contribution is 7.17. The van der Waals surface area contributed by atoms with Crippen molar-refractivity contribution >= 4 is 34.1 Å². The van der Waals surface area contributed by atoms with Crippen LogP contribution in [0.2, 0.25) is 0 Å².